The SMILES string of the molecule is CN1CCC(O)(c2cccc(-c3nc(-c4ccnc(NCc5ncco5)n4)cs3)c2)C1=O. The van der Waals surface area contributed by atoms with Crippen molar-refractivity contribution in [3.05, 3.63) is 65.8 Å². The number of carbonyl (C=O) groups excluding carboxylic acids is 1. The van der Waals surface area contributed by atoms with Crippen molar-refractivity contribution in [3.63, 3.8) is 0 Å². The van der Waals surface area contributed by atoms with Gasteiger partial charge in [-0.1, -0.05) is 18.2 Å². The van der Waals surface area contributed by atoms with E-state index in [2.05, 4.69) is 20.3 Å². The Morgan fingerprint density at radius 2 is 2.12 bits per heavy atom. The molecule has 5 rings (SSSR count). The monoisotopic (exact) mass is 448 g/mol. The number of nitrogens with one attached hydrogen (secondary N) is 1. The first-order valence-electron chi connectivity index (χ1n) is 10.0. The molecule has 0 spiro atoms. The lowest BCUT2D eigenvalue weighted by Crippen LogP contribution is -2.36. The van der Waals surface area contributed by atoms with Gasteiger partial charge in [0.25, 0.3) is 5.91 Å². The van der Waals surface area contributed by atoms with Crippen molar-refractivity contribution in [2.24, 2.45) is 0 Å². The van der Waals surface area contributed by atoms with Crippen LogP contribution in [0.4, 0.5) is 5.95 Å². The van der Waals surface area contributed by atoms with Crippen LogP contribution in [0.25, 0.3) is 22.0 Å². The first kappa shape index (κ1) is 20.3. The molecule has 32 heavy (non-hydrogen) atoms. The quantitative estimate of drug-likeness (QED) is 0.462. The first-order valence-corrected chi connectivity index (χ1v) is 10.9. The largest absolute Gasteiger partial charge is 0.447 e. The summed E-state index contributed by atoms with van der Waals surface area (Å²) >= 11 is 1.47. The number of likely N-dealkylation sites (N-methyl/N-ethyl adjacent to an activating group) is 1. The number of oxazole rings is 1. The Morgan fingerprint density at radius 3 is 2.91 bits per heavy atom. The summed E-state index contributed by atoms with van der Waals surface area (Å²) in [7, 11) is 1.70. The number of aliphatic hydroxyl groups is 1. The molecular weight excluding hydrogens is 428 g/mol. The highest BCUT2D eigenvalue weighted by Crippen LogP contribution is 2.36. The second-order valence-electron chi connectivity index (χ2n) is 7.50. The molecule has 1 unspecified atom stereocenters. The molecule has 162 valence electrons. The van der Waals surface area contributed by atoms with E-state index in [4.69, 9.17) is 9.40 Å². The maximum atomic E-state index is 12.5. The lowest BCUT2D eigenvalue weighted by Gasteiger charge is -2.21. The lowest BCUT2D eigenvalue weighted by molar-refractivity contribution is -0.143. The fraction of sp³-hybridized carbons (Fsp3) is 0.227. The molecule has 1 aromatic carbocycles. The van der Waals surface area contributed by atoms with Gasteiger partial charge in [0.1, 0.15) is 17.0 Å². The number of thiazole rings is 1. The Labute approximate surface area is 187 Å². The van der Waals surface area contributed by atoms with Gasteiger partial charge in [0, 0.05) is 37.2 Å². The van der Waals surface area contributed by atoms with Gasteiger partial charge in [0.05, 0.1) is 18.4 Å². The zero-order valence-corrected chi connectivity index (χ0v) is 18.0. The first-order chi connectivity index (χ1) is 15.5. The standard InChI is InChI=1S/C22H20N6O3S/c1-28-9-6-22(30,20(28)29)15-4-2-3-14(11-15)19-26-17(13-32-19)16-5-7-24-21(27-16)25-12-18-23-8-10-31-18/h2-5,7-8,10-11,13,30H,6,9,12H2,1H3,(H,24,25,27). The number of amides is 1. The van der Waals surface area contributed by atoms with E-state index in [9.17, 15) is 9.90 Å². The third kappa shape index (κ3) is 3.74. The topological polar surface area (TPSA) is 117 Å². The zero-order chi connectivity index (χ0) is 22.1. The fourth-order valence-corrected chi connectivity index (χ4v) is 4.45. The average Bonchev–Trinajstić information content (AvgIpc) is 3.57. The Bertz CT molecular complexity index is 1260. The van der Waals surface area contributed by atoms with Crippen molar-refractivity contribution in [1.29, 1.82) is 0 Å². The fourth-order valence-electron chi connectivity index (χ4n) is 3.64. The van der Waals surface area contributed by atoms with E-state index >= 15 is 0 Å². The number of aromatic nitrogens is 4. The molecule has 0 aliphatic carbocycles. The number of hydrogen-bond donors (Lipinski definition) is 2. The van der Waals surface area contributed by atoms with E-state index in [1.165, 1.54) is 17.6 Å². The molecule has 0 saturated carbocycles. The van der Waals surface area contributed by atoms with Crippen LogP contribution in [0.3, 0.4) is 0 Å². The third-order valence-corrected chi connectivity index (χ3v) is 6.29. The van der Waals surface area contributed by atoms with E-state index in [1.54, 1.807) is 36.5 Å². The van der Waals surface area contributed by atoms with Crippen LogP contribution in [0.1, 0.15) is 17.9 Å². The van der Waals surface area contributed by atoms with Gasteiger partial charge < -0.3 is 19.7 Å². The Kier molecular flexibility index (Phi) is 5.16. The molecule has 1 amide bonds. The summed E-state index contributed by atoms with van der Waals surface area (Å²) in [4.78, 5) is 31.5. The van der Waals surface area contributed by atoms with E-state index in [0.29, 0.717) is 48.3 Å². The number of likely N-dealkylation sites (tertiary alicyclic amines) is 1. The van der Waals surface area contributed by atoms with Gasteiger partial charge in [-0.25, -0.2) is 19.9 Å². The van der Waals surface area contributed by atoms with Crippen LogP contribution in [-0.4, -0.2) is 49.4 Å². The molecule has 9 nitrogen and oxygen atoms in total. The van der Waals surface area contributed by atoms with Gasteiger partial charge in [0.15, 0.2) is 5.60 Å². The number of benzene rings is 1. The van der Waals surface area contributed by atoms with E-state index < -0.39 is 5.60 Å². The van der Waals surface area contributed by atoms with Crippen LogP contribution in [-0.2, 0) is 16.9 Å². The van der Waals surface area contributed by atoms with Crippen LogP contribution in [0.2, 0.25) is 0 Å². The second kappa shape index (κ2) is 8.13. The van der Waals surface area contributed by atoms with Crippen LogP contribution in [0.5, 0.6) is 0 Å². The molecule has 4 aromatic rings. The third-order valence-electron chi connectivity index (χ3n) is 5.40. The van der Waals surface area contributed by atoms with E-state index in [0.717, 1.165) is 10.6 Å². The van der Waals surface area contributed by atoms with Crippen molar-refractivity contribution in [2.45, 2.75) is 18.6 Å². The highest BCUT2D eigenvalue weighted by atomic mass is 32.1. The predicted molar refractivity (Wildman–Crippen MR) is 119 cm³/mol. The molecule has 0 bridgehead atoms. The van der Waals surface area contributed by atoms with Gasteiger partial charge in [0.2, 0.25) is 11.8 Å². The average molecular weight is 449 g/mol. The summed E-state index contributed by atoms with van der Waals surface area (Å²) in [5, 5.41) is 16.7. The minimum Gasteiger partial charge on any atom is -0.447 e. The number of anilines is 1. The van der Waals surface area contributed by atoms with Crippen LogP contribution in [0.15, 0.2) is 58.8 Å². The van der Waals surface area contributed by atoms with Crippen LogP contribution < -0.4 is 5.32 Å². The van der Waals surface area contributed by atoms with Gasteiger partial charge in [-0.2, -0.15) is 0 Å². The number of rotatable bonds is 6. The number of nitrogens with zero attached hydrogens (tertiary/aromatic N) is 5. The summed E-state index contributed by atoms with van der Waals surface area (Å²) in [5.74, 6) is 0.715. The normalized spacial score (nSPS) is 18.3. The van der Waals surface area contributed by atoms with Crippen LogP contribution >= 0.6 is 11.3 Å². The summed E-state index contributed by atoms with van der Waals surface area (Å²) < 4.78 is 5.21. The molecule has 4 heterocycles. The van der Waals surface area contributed by atoms with E-state index in [1.807, 2.05) is 23.6 Å². The summed E-state index contributed by atoms with van der Waals surface area (Å²) in [5.41, 5.74) is 1.33. The highest BCUT2D eigenvalue weighted by molar-refractivity contribution is 7.13. The van der Waals surface area contributed by atoms with Crippen molar-refractivity contribution >= 4 is 23.2 Å². The van der Waals surface area contributed by atoms with Gasteiger partial charge >= 0.3 is 0 Å². The van der Waals surface area contributed by atoms with Gasteiger partial charge in [-0.3, -0.25) is 4.79 Å². The molecule has 1 saturated heterocycles. The van der Waals surface area contributed by atoms with Crippen molar-refractivity contribution < 1.29 is 14.3 Å². The maximum Gasteiger partial charge on any atom is 0.258 e. The molecule has 3 aromatic heterocycles. The minimum absolute atomic E-state index is 0.278. The zero-order valence-electron chi connectivity index (χ0n) is 17.2. The van der Waals surface area contributed by atoms with E-state index in [-0.39, 0.29) is 5.91 Å². The molecule has 1 aliphatic rings. The predicted octanol–water partition coefficient (Wildman–Crippen LogP) is 2.92. The van der Waals surface area contributed by atoms with Gasteiger partial charge in [-0.05, 0) is 17.7 Å². The molecule has 10 heteroatoms. The molecule has 1 aliphatic heterocycles. The van der Waals surface area contributed by atoms with Crippen molar-refractivity contribution in [2.75, 3.05) is 18.9 Å². The maximum absolute atomic E-state index is 12.5. The molecule has 0 radical (unpaired) electrons. The number of carbonyl (C=O) groups is 1. The van der Waals surface area contributed by atoms with Crippen molar-refractivity contribution in [3.8, 4) is 22.0 Å². The molecule has 1 fully saturated rings. The smallest absolute Gasteiger partial charge is 0.258 e. The molecule has 1 atom stereocenters. The van der Waals surface area contributed by atoms with Crippen molar-refractivity contribution in [1.82, 2.24) is 24.8 Å². The Hall–Kier alpha value is -3.63. The molecular formula is C22H20N6O3S. The van der Waals surface area contributed by atoms with Crippen LogP contribution in [0, 0.1) is 0 Å². The lowest BCUT2D eigenvalue weighted by atomic mass is 9.91. The minimum atomic E-state index is -1.49. The summed E-state index contributed by atoms with van der Waals surface area (Å²) in [6.07, 6.45) is 5.13. The van der Waals surface area contributed by atoms with Gasteiger partial charge in [-0.15, -0.1) is 11.3 Å². The molecule has 2 N–H and O–H groups in total. The summed E-state index contributed by atoms with van der Waals surface area (Å²) in [6, 6.07) is 9.17. The number of hydrogen-bond acceptors (Lipinski definition) is 9. The Morgan fingerprint density at radius 1 is 1.22 bits per heavy atom. The highest BCUT2D eigenvalue weighted by Gasteiger charge is 2.45. The summed E-state index contributed by atoms with van der Waals surface area (Å²) in [6.45, 7) is 0.906. The second-order valence-corrected chi connectivity index (χ2v) is 8.36. The Balaban J connectivity index is 1.38.